The van der Waals surface area contributed by atoms with Crippen LogP contribution in [0.4, 0.5) is 0 Å². The van der Waals surface area contributed by atoms with Crippen LogP contribution < -0.4 is 0 Å². The van der Waals surface area contributed by atoms with E-state index in [0.29, 0.717) is 12.9 Å². The van der Waals surface area contributed by atoms with Gasteiger partial charge in [-0.3, -0.25) is 0 Å². The van der Waals surface area contributed by atoms with Gasteiger partial charge in [0, 0.05) is 20.2 Å². The number of ether oxygens (including phenoxy) is 2. The molecular formula is C6H13NO2. The molecule has 1 saturated heterocycles. The van der Waals surface area contributed by atoms with Gasteiger partial charge in [-0.1, -0.05) is 0 Å². The Hall–Kier alpha value is -0.120. The van der Waals surface area contributed by atoms with Crippen molar-refractivity contribution in [1.82, 2.24) is 4.90 Å². The quantitative estimate of drug-likeness (QED) is 0.500. The molecule has 0 saturated carbocycles. The van der Waals surface area contributed by atoms with E-state index in [-0.39, 0.29) is 0 Å². The molecule has 9 heavy (non-hydrogen) atoms. The van der Waals surface area contributed by atoms with Gasteiger partial charge in [0.15, 0.2) is 0 Å². The first kappa shape index (κ1) is 6.99. The molecule has 0 aromatic heterocycles. The summed E-state index contributed by atoms with van der Waals surface area (Å²) < 4.78 is 9.98. The van der Waals surface area contributed by atoms with E-state index in [4.69, 9.17) is 9.47 Å². The third kappa shape index (κ3) is 1.93. The summed E-state index contributed by atoms with van der Waals surface area (Å²) in [4.78, 5) is 2.21. The van der Waals surface area contributed by atoms with Crippen LogP contribution in [-0.2, 0) is 9.47 Å². The average Bonchev–Trinajstić information content (AvgIpc) is 1.78. The standard InChI is InChI=1S/C6H13NO2/c1-7-3-6(4-7)9-5-8-2/h6H,3-5H2,1-2H3. The van der Waals surface area contributed by atoms with Crippen molar-refractivity contribution in [2.75, 3.05) is 34.0 Å². The van der Waals surface area contributed by atoms with Crippen LogP contribution in [0.1, 0.15) is 0 Å². The van der Waals surface area contributed by atoms with Crippen molar-refractivity contribution in [3.8, 4) is 0 Å². The molecule has 1 rings (SSSR count). The highest BCUT2D eigenvalue weighted by molar-refractivity contribution is 4.76. The Morgan fingerprint density at radius 3 is 2.67 bits per heavy atom. The van der Waals surface area contributed by atoms with E-state index >= 15 is 0 Å². The maximum absolute atomic E-state index is 5.23. The van der Waals surface area contributed by atoms with Crippen molar-refractivity contribution in [3.05, 3.63) is 0 Å². The summed E-state index contributed by atoms with van der Waals surface area (Å²) in [7, 11) is 3.72. The van der Waals surface area contributed by atoms with E-state index in [1.807, 2.05) is 0 Å². The molecule has 0 amide bonds. The van der Waals surface area contributed by atoms with Gasteiger partial charge in [-0.2, -0.15) is 0 Å². The number of hydrogen-bond donors (Lipinski definition) is 0. The molecule has 0 aromatic carbocycles. The number of likely N-dealkylation sites (tertiary alicyclic amines) is 1. The van der Waals surface area contributed by atoms with Gasteiger partial charge < -0.3 is 14.4 Å². The Morgan fingerprint density at radius 1 is 1.56 bits per heavy atom. The third-order valence-corrected chi connectivity index (χ3v) is 1.45. The zero-order chi connectivity index (χ0) is 6.69. The molecule has 1 heterocycles. The number of rotatable bonds is 3. The SMILES string of the molecule is COCOC1CN(C)C1. The molecule has 0 spiro atoms. The fraction of sp³-hybridized carbons (Fsp3) is 1.00. The van der Waals surface area contributed by atoms with Gasteiger partial charge in [0.2, 0.25) is 0 Å². The van der Waals surface area contributed by atoms with Crippen molar-refractivity contribution in [2.45, 2.75) is 6.10 Å². The highest BCUT2D eigenvalue weighted by Gasteiger charge is 2.23. The number of likely N-dealkylation sites (N-methyl/N-ethyl adjacent to an activating group) is 1. The topological polar surface area (TPSA) is 21.7 Å². The Labute approximate surface area is 55.5 Å². The molecule has 1 aliphatic rings. The molecule has 54 valence electrons. The average molecular weight is 131 g/mol. The van der Waals surface area contributed by atoms with Crippen molar-refractivity contribution in [1.29, 1.82) is 0 Å². The minimum absolute atomic E-state index is 0.412. The van der Waals surface area contributed by atoms with Crippen LogP contribution in [0.5, 0.6) is 0 Å². The minimum Gasteiger partial charge on any atom is -0.359 e. The van der Waals surface area contributed by atoms with E-state index in [1.54, 1.807) is 7.11 Å². The summed E-state index contributed by atoms with van der Waals surface area (Å²) in [6, 6.07) is 0. The number of nitrogens with zero attached hydrogens (tertiary/aromatic N) is 1. The number of methoxy groups -OCH3 is 1. The normalized spacial score (nSPS) is 22.0. The Morgan fingerprint density at radius 2 is 2.22 bits per heavy atom. The largest absolute Gasteiger partial charge is 0.359 e. The maximum Gasteiger partial charge on any atom is 0.146 e. The first-order valence-corrected chi connectivity index (χ1v) is 3.12. The summed E-state index contributed by atoms with van der Waals surface area (Å²) in [5.41, 5.74) is 0. The molecule has 3 nitrogen and oxygen atoms in total. The van der Waals surface area contributed by atoms with Crippen LogP contribution in [0, 0.1) is 0 Å². The van der Waals surface area contributed by atoms with E-state index in [2.05, 4.69) is 11.9 Å². The van der Waals surface area contributed by atoms with E-state index in [0.717, 1.165) is 13.1 Å². The monoisotopic (exact) mass is 131 g/mol. The second kappa shape index (κ2) is 3.15. The van der Waals surface area contributed by atoms with Gasteiger partial charge in [0.05, 0.1) is 6.10 Å². The van der Waals surface area contributed by atoms with Gasteiger partial charge in [-0.15, -0.1) is 0 Å². The van der Waals surface area contributed by atoms with Gasteiger partial charge in [0.1, 0.15) is 6.79 Å². The first-order valence-electron chi connectivity index (χ1n) is 3.12. The number of hydrogen-bond acceptors (Lipinski definition) is 3. The minimum atomic E-state index is 0.412. The van der Waals surface area contributed by atoms with Gasteiger partial charge in [-0.05, 0) is 7.05 Å². The highest BCUT2D eigenvalue weighted by Crippen LogP contribution is 2.07. The van der Waals surface area contributed by atoms with Crippen LogP contribution in [-0.4, -0.2) is 45.0 Å². The van der Waals surface area contributed by atoms with Gasteiger partial charge in [-0.25, -0.2) is 0 Å². The lowest BCUT2D eigenvalue weighted by Crippen LogP contribution is -2.49. The van der Waals surface area contributed by atoms with Crippen LogP contribution >= 0.6 is 0 Å². The molecule has 3 heteroatoms. The lowest BCUT2D eigenvalue weighted by atomic mass is 10.2. The fourth-order valence-electron chi connectivity index (χ4n) is 0.911. The summed E-state index contributed by atoms with van der Waals surface area (Å²) in [6.45, 7) is 2.52. The lowest BCUT2D eigenvalue weighted by Gasteiger charge is -2.35. The molecule has 0 radical (unpaired) electrons. The van der Waals surface area contributed by atoms with E-state index in [9.17, 15) is 0 Å². The first-order chi connectivity index (χ1) is 4.33. The fourth-order valence-corrected chi connectivity index (χ4v) is 0.911. The molecule has 0 aliphatic carbocycles. The molecule has 0 N–H and O–H groups in total. The van der Waals surface area contributed by atoms with E-state index in [1.165, 1.54) is 0 Å². The molecule has 0 aromatic rings. The smallest absolute Gasteiger partial charge is 0.146 e. The van der Waals surface area contributed by atoms with Crippen molar-refractivity contribution in [3.63, 3.8) is 0 Å². The van der Waals surface area contributed by atoms with Crippen molar-refractivity contribution >= 4 is 0 Å². The molecular weight excluding hydrogens is 118 g/mol. The maximum atomic E-state index is 5.23. The van der Waals surface area contributed by atoms with Crippen molar-refractivity contribution in [2.24, 2.45) is 0 Å². The van der Waals surface area contributed by atoms with Crippen LogP contribution in [0.3, 0.4) is 0 Å². The Balaban J connectivity index is 1.91. The van der Waals surface area contributed by atoms with Crippen molar-refractivity contribution < 1.29 is 9.47 Å². The third-order valence-electron chi connectivity index (χ3n) is 1.45. The highest BCUT2D eigenvalue weighted by atomic mass is 16.7. The Kier molecular flexibility index (Phi) is 2.45. The predicted octanol–water partition coefficient (Wildman–Crippen LogP) is -0.0791. The van der Waals surface area contributed by atoms with Crippen LogP contribution in [0.25, 0.3) is 0 Å². The summed E-state index contributed by atoms with van der Waals surface area (Å²) in [5, 5.41) is 0. The summed E-state index contributed by atoms with van der Waals surface area (Å²) in [5.74, 6) is 0. The van der Waals surface area contributed by atoms with Crippen LogP contribution in [0.15, 0.2) is 0 Å². The zero-order valence-corrected chi connectivity index (χ0v) is 5.96. The molecule has 1 fully saturated rings. The predicted molar refractivity (Wildman–Crippen MR) is 34.2 cm³/mol. The zero-order valence-electron chi connectivity index (χ0n) is 5.96. The Bertz CT molecular complexity index is 81.1. The van der Waals surface area contributed by atoms with Gasteiger partial charge in [0.25, 0.3) is 0 Å². The molecule has 0 bridgehead atoms. The van der Waals surface area contributed by atoms with Crippen LogP contribution in [0.2, 0.25) is 0 Å². The molecule has 1 aliphatic heterocycles. The second-order valence-electron chi connectivity index (χ2n) is 2.42. The van der Waals surface area contributed by atoms with Gasteiger partial charge >= 0.3 is 0 Å². The second-order valence-corrected chi connectivity index (χ2v) is 2.42. The van der Waals surface area contributed by atoms with E-state index < -0.39 is 0 Å². The summed E-state index contributed by atoms with van der Waals surface area (Å²) in [6.07, 6.45) is 0.412. The molecule has 0 unspecified atom stereocenters. The summed E-state index contributed by atoms with van der Waals surface area (Å²) >= 11 is 0. The molecule has 0 atom stereocenters. The lowest BCUT2D eigenvalue weighted by molar-refractivity contribution is -0.118.